The van der Waals surface area contributed by atoms with Gasteiger partial charge >= 0.3 is 12.1 Å². The number of alkyl halides is 3. The molecule has 0 aromatic rings. The summed E-state index contributed by atoms with van der Waals surface area (Å²) in [6.45, 7) is 3.30. The van der Waals surface area contributed by atoms with E-state index >= 15 is 0 Å². The van der Waals surface area contributed by atoms with Gasteiger partial charge in [-0.2, -0.15) is 13.2 Å². The first-order valence-corrected chi connectivity index (χ1v) is 4.15. The van der Waals surface area contributed by atoms with E-state index in [1.807, 2.05) is 0 Å². The largest absolute Gasteiger partial charge is 0.481 e. The second-order valence-corrected chi connectivity index (χ2v) is 4.06. The van der Waals surface area contributed by atoms with Crippen LogP contribution in [-0.4, -0.2) is 17.3 Å². The standard InChI is InChI=1S/C9H11F3O2/c1-8(2)5(6(8)7(13)14)3-4-9(10,11)12/h3-6H,1-2H3,(H,13,14)/b4-3-/t5-,6+/m0/s1. The molecule has 2 nitrogen and oxygen atoms in total. The van der Waals surface area contributed by atoms with Crippen molar-refractivity contribution >= 4 is 5.97 Å². The number of carboxylic acid groups (broad SMARTS) is 1. The van der Waals surface area contributed by atoms with Crippen LogP contribution < -0.4 is 0 Å². The SMILES string of the molecule is CC1(C)[C@@H](/C=C\C(F)(F)F)[C@@H]1C(=O)O. The molecule has 1 rings (SSSR count). The molecule has 5 heteroatoms. The van der Waals surface area contributed by atoms with Crippen molar-refractivity contribution in [3.05, 3.63) is 12.2 Å². The molecule has 14 heavy (non-hydrogen) atoms. The number of halogens is 3. The van der Waals surface area contributed by atoms with Crippen molar-refractivity contribution in [1.82, 2.24) is 0 Å². The fourth-order valence-electron chi connectivity index (χ4n) is 1.72. The summed E-state index contributed by atoms with van der Waals surface area (Å²) in [5.74, 6) is -2.24. The van der Waals surface area contributed by atoms with Gasteiger partial charge < -0.3 is 5.11 Å². The molecule has 1 aliphatic carbocycles. The van der Waals surface area contributed by atoms with Crippen LogP contribution in [0, 0.1) is 17.3 Å². The van der Waals surface area contributed by atoms with Gasteiger partial charge in [0.1, 0.15) is 0 Å². The number of carboxylic acids is 1. The molecule has 0 amide bonds. The highest BCUT2D eigenvalue weighted by molar-refractivity contribution is 5.76. The third-order valence-electron chi connectivity index (χ3n) is 2.67. The third kappa shape index (κ3) is 2.08. The van der Waals surface area contributed by atoms with Crippen LogP contribution >= 0.6 is 0 Å². The van der Waals surface area contributed by atoms with E-state index in [1.165, 1.54) is 0 Å². The molecule has 0 bridgehead atoms. The molecule has 0 aromatic heterocycles. The first kappa shape index (κ1) is 11.1. The second-order valence-electron chi connectivity index (χ2n) is 4.06. The molecular formula is C9H11F3O2. The van der Waals surface area contributed by atoms with Gasteiger partial charge in [-0.25, -0.2) is 0 Å². The van der Waals surface area contributed by atoms with Gasteiger partial charge in [-0.15, -0.1) is 0 Å². The number of hydrogen-bond donors (Lipinski definition) is 1. The molecule has 0 heterocycles. The topological polar surface area (TPSA) is 37.3 Å². The highest BCUT2D eigenvalue weighted by Crippen LogP contribution is 2.59. The van der Waals surface area contributed by atoms with Crippen LogP contribution in [0.5, 0.6) is 0 Å². The zero-order valence-electron chi connectivity index (χ0n) is 7.80. The average molecular weight is 208 g/mol. The van der Waals surface area contributed by atoms with Crippen LogP contribution in [-0.2, 0) is 4.79 Å². The van der Waals surface area contributed by atoms with Crippen molar-refractivity contribution in [1.29, 1.82) is 0 Å². The van der Waals surface area contributed by atoms with Crippen molar-refractivity contribution in [3.63, 3.8) is 0 Å². The smallest absolute Gasteiger partial charge is 0.409 e. The molecular weight excluding hydrogens is 197 g/mol. The summed E-state index contributed by atoms with van der Waals surface area (Å²) >= 11 is 0. The Bertz CT molecular complexity index is 278. The minimum Gasteiger partial charge on any atom is -0.481 e. The Hall–Kier alpha value is -1.00. The lowest BCUT2D eigenvalue weighted by Gasteiger charge is -1.98. The fraction of sp³-hybridized carbons (Fsp3) is 0.667. The van der Waals surface area contributed by atoms with Crippen LogP contribution in [0.25, 0.3) is 0 Å². The Balaban J connectivity index is 2.67. The van der Waals surface area contributed by atoms with E-state index < -0.39 is 29.4 Å². The van der Waals surface area contributed by atoms with E-state index in [2.05, 4.69) is 0 Å². The van der Waals surface area contributed by atoms with Crippen molar-refractivity contribution in [2.24, 2.45) is 17.3 Å². The monoisotopic (exact) mass is 208 g/mol. The Morgan fingerprint density at radius 1 is 1.43 bits per heavy atom. The Morgan fingerprint density at radius 2 is 1.93 bits per heavy atom. The van der Waals surface area contributed by atoms with Gasteiger partial charge in [0, 0.05) is 6.08 Å². The maximum Gasteiger partial charge on any atom is 0.409 e. The lowest BCUT2D eigenvalue weighted by Crippen LogP contribution is -2.03. The number of carbonyl (C=O) groups is 1. The number of allylic oxidation sites excluding steroid dienone is 2. The molecule has 1 aliphatic rings. The molecule has 1 fully saturated rings. The molecule has 1 N–H and O–H groups in total. The molecule has 1 saturated carbocycles. The third-order valence-corrected chi connectivity index (χ3v) is 2.67. The van der Waals surface area contributed by atoms with Crippen LogP contribution in [0.4, 0.5) is 13.2 Å². The van der Waals surface area contributed by atoms with Gasteiger partial charge in [-0.3, -0.25) is 4.79 Å². The maximum absolute atomic E-state index is 11.8. The molecule has 0 aromatic carbocycles. The first-order valence-electron chi connectivity index (χ1n) is 4.15. The van der Waals surface area contributed by atoms with E-state index in [4.69, 9.17) is 5.11 Å². The Morgan fingerprint density at radius 3 is 2.21 bits per heavy atom. The van der Waals surface area contributed by atoms with Gasteiger partial charge in [-0.05, 0) is 11.3 Å². The predicted molar refractivity (Wildman–Crippen MR) is 43.6 cm³/mol. The fourth-order valence-corrected chi connectivity index (χ4v) is 1.72. The molecule has 0 aliphatic heterocycles. The molecule has 0 radical (unpaired) electrons. The number of rotatable bonds is 2. The van der Waals surface area contributed by atoms with E-state index in [0.717, 1.165) is 6.08 Å². The van der Waals surface area contributed by atoms with Crippen molar-refractivity contribution < 1.29 is 23.1 Å². The van der Waals surface area contributed by atoms with E-state index in [1.54, 1.807) is 13.8 Å². The van der Waals surface area contributed by atoms with Crippen molar-refractivity contribution in [3.8, 4) is 0 Å². The van der Waals surface area contributed by atoms with E-state index in [0.29, 0.717) is 0 Å². The van der Waals surface area contributed by atoms with E-state index in [-0.39, 0.29) is 6.08 Å². The summed E-state index contributed by atoms with van der Waals surface area (Å²) in [4.78, 5) is 10.6. The number of aliphatic carboxylic acids is 1. The Kier molecular flexibility index (Phi) is 2.37. The minimum atomic E-state index is -4.36. The van der Waals surface area contributed by atoms with E-state index in [9.17, 15) is 18.0 Å². The molecule has 0 spiro atoms. The maximum atomic E-state index is 11.8. The van der Waals surface area contributed by atoms with Gasteiger partial charge in [-0.1, -0.05) is 19.9 Å². The summed E-state index contributed by atoms with van der Waals surface area (Å²) in [6.07, 6.45) is -3.30. The van der Waals surface area contributed by atoms with Crippen LogP contribution in [0.2, 0.25) is 0 Å². The van der Waals surface area contributed by atoms with Crippen LogP contribution in [0.3, 0.4) is 0 Å². The zero-order chi connectivity index (χ0) is 11.1. The summed E-state index contributed by atoms with van der Waals surface area (Å²) in [5, 5.41) is 8.67. The van der Waals surface area contributed by atoms with Crippen LogP contribution in [0.15, 0.2) is 12.2 Å². The Labute approximate surface area is 79.4 Å². The van der Waals surface area contributed by atoms with Crippen molar-refractivity contribution in [2.45, 2.75) is 20.0 Å². The van der Waals surface area contributed by atoms with Crippen molar-refractivity contribution in [2.75, 3.05) is 0 Å². The van der Waals surface area contributed by atoms with Gasteiger partial charge in [0.15, 0.2) is 0 Å². The first-order chi connectivity index (χ1) is 6.16. The van der Waals surface area contributed by atoms with Crippen LogP contribution in [0.1, 0.15) is 13.8 Å². The van der Waals surface area contributed by atoms with Gasteiger partial charge in [0.05, 0.1) is 5.92 Å². The normalized spacial score (nSPS) is 30.6. The zero-order valence-corrected chi connectivity index (χ0v) is 7.80. The molecule has 0 unspecified atom stereocenters. The quantitative estimate of drug-likeness (QED) is 0.708. The summed E-state index contributed by atoms with van der Waals surface area (Å²) in [5.41, 5.74) is -0.562. The second kappa shape index (κ2) is 3.00. The predicted octanol–water partition coefficient (Wildman–Crippen LogP) is 2.46. The molecule has 80 valence electrons. The summed E-state index contributed by atoms with van der Waals surface area (Å²) < 4.78 is 35.4. The highest BCUT2D eigenvalue weighted by atomic mass is 19.4. The lowest BCUT2D eigenvalue weighted by molar-refractivity contribution is -0.139. The average Bonchev–Trinajstić information content (AvgIpc) is 2.47. The lowest BCUT2D eigenvalue weighted by atomic mass is 10.1. The number of hydrogen-bond acceptors (Lipinski definition) is 1. The minimum absolute atomic E-state index is 0.113. The molecule has 0 saturated heterocycles. The van der Waals surface area contributed by atoms with Gasteiger partial charge in [0.2, 0.25) is 0 Å². The van der Waals surface area contributed by atoms with Gasteiger partial charge in [0.25, 0.3) is 0 Å². The summed E-state index contributed by atoms with van der Waals surface area (Å²) in [7, 11) is 0. The molecule has 2 atom stereocenters. The summed E-state index contributed by atoms with van der Waals surface area (Å²) in [6, 6.07) is 0. The highest BCUT2D eigenvalue weighted by Gasteiger charge is 2.60.